The van der Waals surface area contributed by atoms with Crippen molar-refractivity contribution in [3.8, 4) is 0 Å². The minimum atomic E-state index is -3.63. The van der Waals surface area contributed by atoms with Crippen LogP contribution in [0.4, 0.5) is 0 Å². The predicted molar refractivity (Wildman–Crippen MR) is 128 cm³/mol. The van der Waals surface area contributed by atoms with Crippen molar-refractivity contribution in [2.75, 3.05) is 19.6 Å². The maximum absolute atomic E-state index is 12.9. The molecule has 3 aromatic carbocycles. The summed E-state index contributed by atoms with van der Waals surface area (Å²) in [6.45, 7) is 1.21. The van der Waals surface area contributed by atoms with Gasteiger partial charge in [-0.15, -0.1) is 0 Å². The summed E-state index contributed by atoms with van der Waals surface area (Å²) in [5.74, 6) is -0.401. The van der Waals surface area contributed by atoms with Gasteiger partial charge in [0.15, 0.2) is 0 Å². The lowest BCUT2D eigenvalue weighted by Gasteiger charge is -2.31. The van der Waals surface area contributed by atoms with Crippen LogP contribution in [0.1, 0.15) is 24.8 Å². The Hall–Kier alpha value is -2.41. The number of hydrogen-bond donors (Lipinski definition) is 1. The molecule has 0 aliphatic carbocycles. The number of benzene rings is 3. The molecule has 4 rings (SSSR count). The number of sulfonamides is 1. The summed E-state index contributed by atoms with van der Waals surface area (Å²) in [6, 6.07) is 20.8. The third kappa shape index (κ3) is 5.14. The average molecular weight is 471 g/mol. The number of amides is 1. The second kappa shape index (κ2) is 10.0. The van der Waals surface area contributed by atoms with Gasteiger partial charge in [-0.2, -0.15) is 4.31 Å². The van der Waals surface area contributed by atoms with Gasteiger partial charge in [0, 0.05) is 24.7 Å². The highest BCUT2D eigenvalue weighted by Crippen LogP contribution is 2.25. The number of nitrogens with zero attached hydrogens (tertiary/aromatic N) is 1. The summed E-state index contributed by atoms with van der Waals surface area (Å²) in [4.78, 5) is 12.9. The lowest BCUT2D eigenvalue weighted by molar-refractivity contribution is -0.126. The van der Waals surface area contributed by atoms with Crippen LogP contribution in [0, 0.1) is 5.92 Å². The van der Waals surface area contributed by atoms with E-state index in [4.69, 9.17) is 11.6 Å². The zero-order chi connectivity index (χ0) is 22.6. The zero-order valence-corrected chi connectivity index (χ0v) is 19.4. The molecular formula is C25H27ClN2O3S. The number of rotatable bonds is 7. The fourth-order valence-corrected chi connectivity index (χ4v) is 5.93. The molecule has 7 heteroatoms. The van der Waals surface area contributed by atoms with Crippen molar-refractivity contribution in [2.24, 2.45) is 5.92 Å². The van der Waals surface area contributed by atoms with Gasteiger partial charge in [0.05, 0.1) is 10.8 Å². The van der Waals surface area contributed by atoms with Crippen molar-refractivity contribution in [1.82, 2.24) is 9.62 Å². The molecule has 0 aromatic heterocycles. The van der Waals surface area contributed by atoms with E-state index in [0.717, 1.165) is 12.8 Å². The maximum Gasteiger partial charge on any atom is 0.243 e. The van der Waals surface area contributed by atoms with Crippen LogP contribution in [0.2, 0.25) is 5.02 Å². The molecule has 1 aliphatic heterocycles. The summed E-state index contributed by atoms with van der Waals surface area (Å²) < 4.78 is 27.3. The van der Waals surface area contributed by atoms with Crippen molar-refractivity contribution in [3.63, 3.8) is 0 Å². The molecule has 3 aromatic rings. The summed E-state index contributed by atoms with van der Waals surface area (Å²) >= 11 is 5.88. The normalized spacial score (nSPS) is 17.3. The maximum atomic E-state index is 12.9. The number of aryl methyl sites for hydroxylation is 1. The van der Waals surface area contributed by atoms with E-state index in [1.165, 1.54) is 32.8 Å². The standard InChI is InChI=1S/C25H27ClN2O3S/c26-22-12-14-23(15-13-22)32(30,31)28-17-5-10-21(18-28)25(29)27-16-4-9-20-8-3-7-19-6-1-2-11-24(19)20/h1-3,6-8,11-15,21H,4-5,9-10,16-18H2,(H,27,29)/t21-/m1/s1. The highest BCUT2D eigenvalue weighted by Gasteiger charge is 2.33. The van der Waals surface area contributed by atoms with Crippen LogP contribution in [-0.2, 0) is 21.2 Å². The number of nitrogens with one attached hydrogen (secondary N) is 1. The van der Waals surface area contributed by atoms with Crippen molar-refractivity contribution >= 4 is 38.3 Å². The highest BCUT2D eigenvalue weighted by atomic mass is 35.5. The Labute approximate surface area is 194 Å². The van der Waals surface area contributed by atoms with Crippen LogP contribution in [0.5, 0.6) is 0 Å². The SMILES string of the molecule is O=C(NCCCc1cccc2ccccc12)[C@@H]1CCCN(S(=O)(=O)c2ccc(Cl)cc2)C1. The van der Waals surface area contributed by atoms with Gasteiger partial charge in [-0.3, -0.25) is 4.79 Å². The smallest absolute Gasteiger partial charge is 0.243 e. The van der Waals surface area contributed by atoms with Crippen LogP contribution in [0.15, 0.2) is 71.6 Å². The van der Waals surface area contributed by atoms with Crippen LogP contribution >= 0.6 is 11.6 Å². The molecule has 32 heavy (non-hydrogen) atoms. The first kappa shape index (κ1) is 22.8. The Bertz CT molecular complexity index is 1190. The van der Waals surface area contributed by atoms with Crippen molar-refractivity contribution in [2.45, 2.75) is 30.6 Å². The number of carbonyl (C=O) groups excluding carboxylic acids is 1. The molecular weight excluding hydrogens is 444 g/mol. The largest absolute Gasteiger partial charge is 0.356 e. The average Bonchev–Trinajstić information content (AvgIpc) is 2.82. The van der Waals surface area contributed by atoms with E-state index in [2.05, 4.69) is 35.6 Å². The number of carbonyl (C=O) groups is 1. The summed E-state index contributed by atoms with van der Waals surface area (Å²) in [6.07, 6.45) is 3.07. The second-order valence-corrected chi connectivity index (χ2v) is 10.6. The first-order valence-corrected chi connectivity index (χ1v) is 12.8. The van der Waals surface area contributed by atoms with Gasteiger partial charge in [0.2, 0.25) is 15.9 Å². The molecule has 1 N–H and O–H groups in total. The first-order chi connectivity index (χ1) is 15.4. The minimum absolute atomic E-state index is 0.0704. The third-order valence-electron chi connectivity index (χ3n) is 6.01. The predicted octanol–water partition coefficient (Wildman–Crippen LogP) is 4.64. The summed E-state index contributed by atoms with van der Waals surface area (Å²) in [5.41, 5.74) is 1.27. The molecule has 0 radical (unpaired) electrons. The number of piperidine rings is 1. The van der Waals surface area contributed by atoms with E-state index in [1.807, 2.05) is 12.1 Å². The number of hydrogen-bond acceptors (Lipinski definition) is 3. The Balaban J connectivity index is 1.31. The fraction of sp³-hybridized carbons (Fsp3) is 0.320. The third-order valence-corrected chi connectivity index (χ3v) is 8.14. The first-order valence-electron chi connectivity index (χ1n) is 11.0. The van der Waals surface area contributed by atoms with Gasteiger partial charge < -0.3 is 5.32 Å². The van der Waals surface area contributed by atoms with Gasteiger partial charge in [-0.25, -0.2) is 8.42 Å². The Morgan fingerprint density at radius 1 is 1.03 bits per heavy atom. The molecule has 168 valence electrons. The molecule has 1 aliphatic rings. The number of halogens is 1. The van der Waals surface area contributed by atoms with E-state index < -0.39 is 10.0 Å². The molecule has 0 bridgehead atoms. The molecule has 1 fully saturated rings. The van der Waals surface area contributed by atoms with Crippen LogP contribution in [0.3, 0.4) is 0 Å². The van der Waals surface area contributed by atoms with Gasteiger partial charge in [0.1, 0.15) is 0 Å². The van der Waals surface area contributed by atoms with Crippen LogP contribution in [0.25, 0.3) is 10.8 Å². The van der Waals surface area contributed by atoms with E-state index in [9.17, 15) is 13.2 Å². The zero-order valence-electron chi connectivity index (χ0n) is 17.8. The topological polar surface area (TPSA) is 66.5 Å². The van der Waals surface area contributed by atoms with E-state index in [1.54, 1.807) is 12.1 Å². The second-order valence-electron chi connectivity index (χ2n) is 8.19. The quantitative estimate of drug-likeness (QED) is 0.511. The van der Waals surface area contributed by atoms with E-state index >= 15 is 0 Å². The molecule has 1 amide bonds. The number of fused-ring (bicyclic) bond motifs is 1. The van der Waals surface area contributed by atoms with Crippen LogP contribution < -0.4 is 5.32 Å². The molecule has 1 saturated heterocycles. The van der Waals surface area contributed by atoms with E-state index in [-0.39, 0.29) is 23.3 Å². The Kier molecular flexibility index (Phi) is 7.13. The van der Waals surface area contributed by atoms with Crippen molar-refractivity contribution in [1.29, 1.82) is 0 Å². The monoisotopic (exact) mass is 470 g/mol. The molecule has 0 spiro atoms. The minimum Gasteiger partial charge on any atom is -0.356 e. The van der Waals surface area contributed by atoms with Crippen molar-refractivity contribution < 1.29 is 13.2 Å². The Morgan fingerprint density at radius 2 is 1.78 bits per heavy atom. The Morgan fingerprint density at radius 3 is 2.59 bits per heavy atom. The van der Waals surface area contributed by atoms with Gasteiger partial charge in [0.25, 0.3) is 0 Å². The van der Waals surface area contributed by atoms with Gasteiger partial charge in [-0.1, -0.05) is 54.1 Å². The van der Waals surface area contributed by atoms with Gasteiger partial charge in [-0.05, 0) is 66.3 Å². The molecule has 1 atom stereocenters. The highest BCUT2D eigenvalue weighted by molar-refractivity contribution is 7.89. The lowest BCUT2D eigenvalue weighted by Crippen LogP contribution is -2.45. The van der Waals surface area contributed by atoms with Crippen molar-refractivity contribution in [3.05, 3.63) is 77.3 Å². The molecule has 1 heterocycles. The van der Waals surface area contributed by atoms with E-state index in [0.29, 0.717) is 31.0 Å². The molecule has 5 nitrogen and oxygen atoms in total. The van der Waals surface area contributed by atoms with Crippen LogP contribution in [-0.4, -0.2) is 38.3 Å². The summed E-state index contributed by atoms with van der Waals surface area (Å²) in [5, 5.41) is 5.97. The molecule has 0 saturated carbocycles. The summed E-state index contributed by atoms with van der Waals surface area (Å²) in [7, 11) is -3.63. The molecule has 0 unspecified atom stereocenters. The fourth-order valence-electron chi connectivity index (χ4n) is 4.28. The van der Waals surface area contributed by atoms with Gasteiger partial charge >= 0.3 is 0 Å². The lowest BCUT2D eigenvalue weighted by atomic mass is 9.98.